The number of nitrogens with two attached hydrogens (primary N) is 1. The number of piperidine rings is 1. The fourth-order valence-electron chi connectivity index (χ4n) is 2.62. The quantitative estimate of drug-likeness (QED) is 0.882. The van der Waals surface area contributed by atoms with Crippen LogP contribution in [0, 0.1) is 5.82 Å². The van der Waals surface area contributed by atoms with Crippen LogP contribution in [-0.4, -0.2) is 24.0 Å². The Morgan fingerprint density at radius 2 is 2.29 bits per heavy atom. The predicted octanol–water partition coefficient (Wildman–Crippen LogP) is 2.96. The normalized spacial score (nSPS) is 26.1. The molecule has 1 aliphatic rings. The molecular formula is C13H18ClFN2. The van der Waals surface area contributed by atoms with Gasteiger partial charge >= 0.3 is 0 Å². The summed E-state index contributed by atoms with van der Waals surface area (Å²) in [6.07, 6.45) is 2.03. The van der Waals surface area contributed by atoms with Gasteiger partial charge in [0.1, 0.15) is 5.82 Å². The van der Waals surface area contributed by atoms with E-state index in [2.05, 4.69) is 11.8 Å². The smallest absolute Gasteiger partial charge is 0.129 e. The average Bonchev–Trinajstić information content (AvgIpc) is 2.30. The summed E-state index contributed by atoms with van der Waals surface area (Å²) < 4.78 is 14.0. The van der Waals surface area contributed by atoms with E-state index in [-0.39, 0.29) is 17.9 Å². The van der Waals surface area contributed by atoms with Crippen molar-refractivity contribution in [3.63, 3.8) is 0 Å². The van der Waals surface area contributed by atoms with E-state index >= 15 is 0 Å². The molecule has 2 unspecified atom stereocenters. The van der Waals surface area contributed by atoms with Crippen molar-refractivity contribution in [1.29, 1.82) is 0 Å². The monoisotopic (exact) mass is 256 g/mol. The molecule has 94 valence electrons. The maximum absolute atomic E-state index is 14.0. The van der Waals surface area contributed by atoms with Crippen molar-refractivity contribution in [2.45, 2.75) is 31.8 Å². The first-order chi connectivity index (χ1) is 8.13. The number of likely N-dealkylation sites (tertiary alicyclic amines) is 1. The Bertz CT molecular complexity index is 397. The van der Waals surface area contributed by atoms with E-state index in [9.17, 15) is 4.39 Å². The fraction of sp³-hybridized carbons (Fsp3) is 0.538. The molecule has 0 aromatic heterocycles. The van der Waals surface area contributed by atoms with Crippen molar-refractivity contribution >= 4 is 11.6 Å². The molecule has 2 rings (SSSR count). The number of nitrogens with zero attached hydrogens (tertiary/aromatic N) is 1. The lowest BCUT2D eigenvalue weighted by Crippen LogP contribution is -2.46. The zero-order valence-electron chi connectivity index (χ0n) is 10.00. The highest BCUT2D eigenvalue weighted by Gasteiger charge is 2.31. The van der Waals surface area contributed by atoms with E-state index < -0.39 is 0 Å². The van der Waals surface area contributed by atoms with Crippen molar-refractivity contribution in [2.24, 2.45) is 5.73 Å². The second-order valence-corrected chi connectivity index (χ2v) is 4.98. The second kappa shape index (κ2) is 5.34. The van der Waals surface area contributed by atoms with Crippen LogP contribution < -0.4 is 5.73 Å². The van der Waals surface area contributed by atoms with Crippen LogP contribution in [0.1, 0.15) is 31.4 Å². The molecule has 1 fully saturated rings. The van der Waals surface area contributed by atoms with Crippen LogP contribution in [0.3, 0.4) is 0 Å². The van der Waals surface area contributed by atoms with Gasteiger partial charge < -0.3 is 5.73 Å². The summed E-state index contributed by atoms with van der Waals surface area (Å²) in [7, 11) is 0. The summed E-state index contributed by atoms with van der Waals surface area (Å²) in [4.78, 5) is 2.24. The molecule has 17 heavy (non-hydrogen) atoms. The van der Waals surface area contributed by atoms with E-state index in [0.29, 0.717) is 10.6 Å². The first-order valence-electron chi connectivity index (χ1n) is 6.08. The number of hydrogen-bond acceptors (Lipinski definition) is 2. The predicted molar refractivity (Wildman–Crippen MR) is 68.6 cm³/mol. The summed E-state index contributed by atoms with van der Waals surface area (Å²) in [5.74, 6) is -0.252. The molecule has 4 heteroatoms. The zero-order chi connectivity index (χ0) is 12.4. The third-order valence-corrected chi connectivity index (χ3v) is 3.70. The third-order valence-electron chi connectivity index (χ3n) is 3.47. The maximum atomic E-state index is 14.0. The highest BCUT2D eigenvalue weighted by atomic mass is 35.5. The molecule has 2 atom stereocenters. The number of benzene rings is 1. The average molecular weight is 257 g/mol. The van der Waals surface area contributed by atoms with E-state index in [0.717, 1.165) is 25.9 Å². The van der Waals surface area contributed by atoms with Crippen LogP contribution >= 0.6 is 11.6 Å². The van der Waals surface area contributed by atoms with Gasteiger partial charge in [-0.3, -0.25) is 4.90 Å². The van der Waals surface area contributed by atoms with Gasteiger partial charge in [0.25, 0.3) is 0 Å². The molecular weight excluding hydrogens is 239 g/mol. The SMILES string of the molecule is CCN1CCCC(N)C1c1ccc(Cl)cc1F. The van der Waals surface area contributed by atoms with Gasteiger partial charge in [-0.1, -0.05) is 24.6 Å². The Morgan fingerprint density at radius 3 is 2.94 bits per heavy atom. The van der Waals surface area contributed by atoms with Gasteiger partial charge in [-0.2, -0.15) is 0 Å². The summed E-state index contributed by atoms with van der Waals surface area (Å²) in [5.41, 5.74) is 6.81. The summed E-state index contributed by atoms with van der Waals surface area (Å²) in [6.45, 7) is 3.95. The first-order valence-corrected chi connectivity index (χ1v) is 6.46. The fourth-order valence-corrected chi connectivity index (χ4v) is 2.78. The van der Waals surface area contributed by atoms with Gasteiger partial charge in [-0.05, 0) is 38.1 Å². The minimum absolute atomic E-state index is 0.000578. The van der Waals surface area contributed by atoms with Crippen LogP contribution in [0.25, 0.3) is 0 Å². The minimum atomic E-state index is -0.252. The number of likely N-dealkylation sites (N-methyl/N-ethyl adjacent to an activating group) is 1. The maximum Gasteiger partial charge on any atom is 0.129 e. The van der Waals surface area contributed by atoms with Crippen LogP contribution in [0.5, 0.6) is 0 Å². The van der Waals surface area contributed by atoms with Crippen molar-refractivity contribution in [3.05, 3.63) is 34.6 Å². The van der Waals surface area contributed by atoms with Crippen molar-refractivity contribution in [1.82, 2.24) is 4.90 Å². The molecule has 1 saturated heterocycles. The summed E-state index contributed by atoms with van der Waals surface area (Å²) in [6, 6.07) is 4.84. The van der Waals surface area contributed by atoms with Gasteiger partial charge in [0, 0.05) is 16.6 Å². The summed E-state index contributed by atoms with van der Waals surface area (Å²) in [5, 5.41) is 0.429. The van der Waals surface area contributed by atoms with E-state index in [1.807, 2.05) is 0 Å². The minimum Gasteiger partial charge on any atom is -0.326 e. The number of hydrogen-bond donors (Lipinski definition) is 1. The third kappa shape index (κ3) is 2.62. The lowest BCUT2D eigenvalue weighted by molar-refractivity contribution is 0.133. The van der Waals surface area contributed by atoms with Gasteiger partial charge in [-0.15, -0.1) is 0 Å². The van der Waals surface area contributed by atoms with E-state index in [1.54, 1.807) is 12.1 Å². The molecule has 1 heterocycles. The Morgan fingerprint density at radius 1 is 1.53 bits per heavy atom. The Hall–Kier alpha value is -0.640. The molecule has 0 aliphatic carbocycles. The van der Waals surface area contributed by atoms with Crippen molar-refractivity contribution < 1.29 is 4.39 Å². The van der Waals surface area contributed by atoms with Crippen molar-refractivity contribution in [2.75, 3.05) is 13.1 Å². The standard InChI is InChI=1S/C13H18ClFN2/c1-2-17-7-3-4-12(16)13(17)10-6-5-9(14)8-11(10)15/h5-6,8,12-13H,2-4,7,16H2,1H3. The van der Waals surface area contributed by atoms with Crippen LogP contribution in [-0.2, 0) is 0 Å². The van der Waals surface area contributed by atoms with Crippen molar-refractivity contribution in [3.8, 4) is 0 Å². The molecule has 0 radical (unpaired) electrons. The topological polar surface area (TPSA) is 29.3 Å². The van der Waals surface area contributed by atoms with Gasteiger partial charge in [0.2, 0.25) is 0 Å². The molecule has 0 spiro atoms. The molecule has 2 nitrogen and oxygen atoms in total. The molecule has 0 amide bonds. The molecule has 0 saturated carbocycles. The highest BCUT2D eigenvalue weighted by Crippen LogP contribution is 2.32. The Labute approximate surface area is 107 Å². The Balaban J connectivity index is 2.34. The number of halogens is 2. The molecule has 1 aromatic carbocycles. The van der Waals surface area contributed by atoms with E-state index in [1.165, 1.54) is 6.07 Å². The Kier molecular flexibility index (Phi) is 4.02. The first kappa shape index (κ1) is 12.8. The molecule has 2 N–H and O–H groups in total. The number of rotatable bonds is 2. The highest BCUT2D eigenvalue weighted by molar-refractivity contribution is 6.30. The van der Waals surface area contributed by atoms with Crippen LogP contribution in [0.15, 0.2) is 18.2 Å². The zero-order valence-corrected chi connectivity index (χ0v) is 10.8. The molecule has 1 aromatic rings. The molecule has 1 aliphatic heterocycles. The lowest BCUT2D eigenvalue weighted by atomic mass is 9.90. The summed E-state index contributed by atoms with van der Waals surface area (Å²) >= 11 is 5.78. The van der Waals surface area contributed by atoms with Crippen LogP contribution in [0.2, 0.25) is 5.02 Å². The van der Waals surface area contributed by atoms with Crippen LogP contribution in [0.4, 0.5) is 4.39 Å². The van der Waals surface area contributed by atoms with Gasteiger partial charge in [0.15, 0.2) is 0 Å². The molecule has 0 bridgehead atoms. The lowest BCUT2D eigenvalue weighted by Gasteiger charge is -2.39. The second-order valence-electron chi connectivity index (χ2n) is 4.55. The largest absolute Gasteiger partial charge is 0.326 e. The van der Waals surface area contributed by atoms with Gasteiger partial charge in [-0.25, -0.2) is 4.39 Å². The van der Waals surface area contributed by atoms with Gasteiger partial charge in [0.05, 0.1) is 6.04 Å². The van der Waals surface area contributed by atoms with E-state index in [4.69, 9.17) is 17.3 Å².